The highest BCUT2D eigenvalue weighted by Crippen LogP contribution is 2.39. The monoisotopic (exact) mass is 479 g/mol. The van der Waals surface area contributed by atoms with Gasteiger partial charge in [0, 0.05) is 41.7 Å². The lowest BCUT2D eigenvalue weighted by atomic mass is 10.0. The van der Waals surface area contributed by atoms with E-state index in [4.69, 9.17) is 18.9 Å². The van der Waals surface area contributed by atoms with Gasteiger partial charge in [0.2, 0.25) is 6.79 Å². The molecule has 2 aromatic carbocycles. The summed E-state index contributed by atoms with van der Waals surface area (Å²) in [5.74, 6) is 1.27. The fraction of sp³-hybridized carbons (Fsp3) is 0.320. The lowest BCUT2D eigenvalue weighted by Crippen LogP contribution is -2.27. The fourth-order valence-electron chi connectivity index (χ4n) is 4.30. The third kappa shape index (κ3) is 4.00. The Labute approximate surface area is 200 Å². The molecule has 10 heteroatoms. The lowest BCUT2D eigenvalue weighted by molar-refractivity contribution is 0.103. The van der Waals surface area contributed by atoms with E-state index in [0.717, 1.165) is 10.8 Å². The van der Waals surface area contributed by atoms with Crippen LogP contribution in [0, 0.1) is 0 Å². The molecule has 1 N–H and O–H groups in total. The molecule has 2 aromatic heterocycles. The van der Waals surface area contributed by atoms with Crippen molar-refractivity contribution in [1.29, 1.82) is 0 Å². The van der Waals surface area contributed by atoms with Gasteiger partial charge in [0.1, 0.15) is 5.75 Å². The number of hydrogen-bond donors (Lipinski definition) is 1. The third-order valence-electron chi connectivity index (χ3n) is 5.97. The molecule has 0 unspecified atom stereocenters. The molecule has 5 rings (SSSR count). The van der Waals surface area contributed by atoms with Gasteiger partial charge in [-0.15, -0.1) is 0 Å². The second kappa shape index (κ2) is 9.05. The zero-order valence-corrected chi connectivity index (χ0v) is 19.7. The molecule has 1 aliphatic rings. The Morgan fingerprint density at radius 3 is 2.60 bits per heavy atom. The van der Waals surface area contributed by atoms with Gasteiger partial charge in [-0.05, 0) is 44.6 Å². The Bertz CT molecular complexity index is 1530. The van der Waals surface area contributed by atoms with Crippen molar-refractivity contribution < 1.29 is 28.8 Å². The van der Waals surface area contributed by atoms with Crippen LogP contribution in [0.2, 0.25) is 0 Å². The molecule has 4 aromatic rings. The predicted molar refractivity (Wildman–Crippen MR) is 129 cm³/mol. The summed E-state index contributed by atoms with van der Waals surface area (Å²) in [7, 11) is 3.87. The molecule has 0 fully saturated rings. The first-order valence-corrected chi connectivity index (χ1v) is 11.2. The zero-order chi connectivity index (χ0) is 24.7. The number of nitrogens with zero attached hydrogens (tertiary/aromatic N) is 3. The maximum absolute atomic E-state index is 13.8. The van der Waals surface area contributed by atoms with E-state index in [1.807, 2.05) is 25.1 Å². The minimum atomic E-state index is -0.904. The van der Waals surface area contributed by atoms with Gasteiger partial charge in [-0.25, -0.2) is 4.79 Å². The van der Waals surface area contributed by atoms with Crippen LogP contribution in [0.3, 0.4) is 0 Å². The number of ether oxygens (including phenoxy) is 4. The van der Waals surface area contributed by atoms with Crippen LogP contribution in [0.15, 0.2) is 35.3 Å². The average molecular weight is 479 g/mol. The van der Waals surface area contributed by atoms with Gasteiger partial charge in [0.15, 0.2) is 11.5 Å². The minimum Gasteiger partial charge on any atom is -0.454 e. The van der Waals surface area contributed by atoms with Gasteiger partial charge in [0.05, 0.1) is 29.6 Å². The Balaban J connectivity index is 1.84. The number of carbonyl (C=O) groups is 1. The molecular formula is C25H25N3O7. The highest BCUT2D eigenvalue weighted by Gasteiger charge is 2.21. The van der Waals surface area contributed by atoms with E-state index in [0.29, 0.717) is 52.0 Å². The second-order valence-electron chi connectivity index (χ2n) is 8.45. The van der Waals surface area contributed by atoms with Crippen LogP contribution in [0.5, 0.6) is 17.2 Å². The van der Waals surface area contributed by atoms with Crippen LogP contribution in [-0.4, -0.2) is 59.8 Å². The molecule has 0 aliphatic carbocycles. The van der Waals surface area contributed by atoms with Crippen LogP contribution < -0.4 is 19.8 Å². The standard InChI is InChI=1S/C25H25N3O7/c1-4-32-25(31)35-20-8-16-15(7-14(20)12-29)18-11-26-19-10-22-21(33-13-34-22)9-17(19)23(18)28(24(16)30)6-5-27(2)3/h7-11,29H,4-6,12-13H2,1-3H3. The molecule has 0 spiro atoms. The molecule has 182 valence electrons. The van der Waals surface area contributed by atoms with Crippen molar-refractivity contribution in [2.75, 3.05) is 34.0 Å². The van der Waals surface area contributed by atoms with Gasteiger partial charge in [-0.1, -0.05) is 0 Å². The first-order valence-electron chi connectivity index (χ1n) is 11.2. The molecule has 0 bridgehead atoms. The highest BCUT2D eigenvalue weighted by atomic mass is 16.7. The molecule has 3 heterocycles. The molecule has 1 aliphatic heterocycles. The van der Waals surface area contributed by atoms with Gasteiger partial charge < -0.3 is 33.5 Å². The summed E-state index contributed by atoms with van der Waals surface area (Å²) >= 11 is 0. The van der Waals surface area contributed by atoms with E-state index < -0.39 is 12.8 Å². The molecule has 0 atom stereocenters. The van der Waals surface area contributed by atoms with Crippen LogP contribution in [0.25, 0.3) is 32.6 Å². The summed E-state index contributed by atoms with van der Waals surface area (Å²) in [6, 6.07) is 6.78. The predicted octanol–water partition coefficient (Wildman–Crippen LogP) is 3.02. The minimum absolute atomic E-state index is 0.0752. The average Bonchev–Trinajstić information content (AvgIpc) is 3.29. The maximum atomic E-state index is 13.8. The SMILES string of the molecule is CCOC(=O)Oc1cc2c(=O)n(CCN(C)C)c3c4cc5c(cc4ncc3c2cc1CO)OCO5. The molecule has 0 amide bonds. The van der Waals surface area contributed by atoms with Crippen molar-refractivity contribution in [1.82, 2.24) is 14.5 Å². The number of rotatable bonds is 6. The van der Waals surface area contributed by atoms with Crippen LogP contribution >= 0.6 is 0 Å². The Kier molecular flexibility index (Phi) is 5.91. The maximum Gasteiger partial charge on any atom is 0.513 e. The highest BCUT2D eigenvalue weighted by molar-refractivity contribution is 6.15. The van der Waals surface area contributed by atoms with E-state index in [1.165, 1.54) is 6.07 Å². The number of likely N-dealkylation sites (N-methyl/N-ethyl adjacent to an activating group) is 1. The van der Waals surface area contributed by atoms with Crippen molar-refractivity contribution in [2.45, 2.75) is 20.1 Å². The Hall–Kier alpha value is -3.89. The first kappa shape index (κ1) is 22.9. The number of aliphatic hydroxyl groups excluding tert-OH is 1. The summed E-state index contributed by atoms with van der Waals surface area (Å²) in [5, 5.41) is 12.4. The van der Waals surface area contributed by atoms with E-state index in [2.05, 4.69) is 4.98 Å². The smallest absolute Gasteiger partial charge is 0.454 e. The summed E-state index contributed by atoms with van der Waals surface area (Å²) in [5.41, 5.74) is 1.47. The second-order valence-corrected chi connectivity index (χ2v) is 8.45. The van der Waals surface area contributed by atoms with Crippen molar-refractivity contribution in [2.24, 2.45) is 0 Å². The molecule has 35 heavy (non-hydrogen) atoms. The quantitative estimate of drug-likeness (QED) is 0.253. The van der Waals surface area contributed by atoms with Gasteiger partial charge >= 0.3 is 6.16 Å². The molecular weight excluding hydrogens is 454 g/mol. The molecule has 0 saturated heterocycles. The van der Waals surface area contributed by atoms with E-state index in [1.54, 1.807) is 29.8 Å². The number of benzene rings is 2. The Morgan fingerprint density at radius 1 is 1.11 bits per heavy atom. The van der Waals surface area contributed by atoms with Crippen LogP contribution in [0.4, 0.5) is 4.79 Å². The van der Waals surface area contributed by atoms with Gasteiger partial charge in [0.25, 0.3) is 5.56 Å². The molecule has 0 saturated carbocycles. The van der Waals surface area contributed by atoms with Gasteiger partial charge in [-0.2, -0.15) is 0 Å². The lowest BCUT2D eigenvalue weighted by Gasteiger charge is -2.18. The summed E-state index contributed by atoms with van der Waals surface area (Å²) in [6.07, 6.45) is 0.805. The van der Waals surface area contributed by atoms with Gasteiger partial charge in [-0.3, -0.25) is 9.78 Å². The normalized spacial score (nSPS) is 12.7. The zero-order valence-electron chi connectivity index (χ0n) is 19.7. The third-order valence-corrected chi connectivity index (χ3v) is 5.97. The number of fused-ring (bicyclic) bond motifs is 6. The fourth-order valence-corrected chi connectivity index (χ4v) is 4.30. The van der Waals surface area contributed by atoms with Crippen LogP contribution in [-0.2, 0) is 17.9 Å². The number of aliphatic hydroxyl groups is 1. The van der Waals surface area contributed by atoms with Crippen molar-refractivity contribution in [3.8, 4) is 17.2 Å². The van der Waals surface area contributed by atoms with E-state index in [9.17, 15) is 14.7 Å². The number of carbonyl (C=O) groups excluding carboxylic acids is 1. The largest absolute Gasteiger partial charge is 0.513 e. The summed E-state index contributed by atoms with van der Waals surface area (Å²) < 4.78 is 22.9. The first-order chi connectivity index (χ1) is 16.9. The topological polar surface area (TPSA) is 112 Å². The van der Waals surface area contributed by atoms with E-state index in [-0.39, 0.29) is 24.7 Å². The number of aromatic nitrogens is 2. The van der Waals surface area contributed by atoms with Crippen LogP contribution in [0.1, 0.15) is 12.5 Å². The Morgan fingerprint density at radius 2 is 1.89 bits per heavy atom. The van der Waals surface area contributed by atoms with Crippen molar-refractivity contribution >= 4 is 38.7 Å². The van der Waals surface area contributed by atoms with Crippen molar-refractivity contribution in [3.63, 3.8) is 0 Å². The van der Waals surface area contributed by atoms with Crippen molar-refractivity contribution in [3.05, 3.63) is 46.4 Å². The molecule has 10 nitrogen and oxygen atoms in total. The molecule has 0 radical (unpaired) electrons. The summed E-state index contributed by atoms with van der Waals surface area (Å²) in [6.45, 7) is 2.57. The summed E-state index contributed by atoms with van der Waals surface area (Å²) in [4.78, 5) is 32.4. The number of hydrogen-bond acceptors (Lipinski definition) is 9. The van der Waals surface area contributed by atoms with E-state index >= 15 is 0 Å². The number of pyridine rings is 2.